The molecule has 6 nitrogen and oxygen atoms in total. The zero-order chi connectivity index (χ0) is 39.2. The van der Waals surface area contributed by atoms with Gasteiger partial charge in [-0.3, -0.25) is 15.0 Å². The summed E-state index contributed by atoms with van der Waals surface area (Å²) in [4.78, 5) is 30.0. The SMILES string of the molecule is CC(C)(C)c1ccc(C2=NCC(C)(c3nc(-c4ccc(-c5ccc(C(C)(C)C)cc5)nc4)nc(-c4ccc(-c5ccc(C(C)(C)C)cc5)nc4)n3)C=C2)cc1. The second kappa shape index (κ2) is 14.2. The third kappa shape index (κ3) is 8.24. The number of rotatable bonds is 6. The fraction of sp³-hybridized carbons (Fsp3) is 0.306. The molecule has 55 heavy (non-hydrogen) atoms. The third-order valence-corrected chi connectivity index (χ3v) is 10.5. The number of aromatic nitrogens is 5. The molecule has 4 heterocycles. The van der Waals surface area contributed by atoms with E-state index in [0.29, 0.717) is 24.0 Å². The summed E-state index contributed by atoms with van der Waals surface area (Å²) in [5.74, 6) is 1.77. The number of nitrogens with zero attached hydrogens (tertiary/aromatic N) is 6. The van der Waals surface area contributed by atoms with Crippen LogP contribution in [-0.4, -0.2) is 37.2 Å². The highest BCUT2D eigenvalue weighted by molar-refractivity contribution is 6.09. The minimum atomic E-state index is -0.550. The quantitative estimate of drug-likeness (QED) is 0.171. The summed E-state index contributed by atoms with van der Waals surface area (Å²) in [6, 6.07) is 34.2. The zero-order valence-electron chi connectivity index (χ0n) is 33.9. The van der Waals surface area contributed by atoms with Crippen molar-refractivity contribution in [2.45, 2.75) is 90.9 Å². The second-order valence-corrected chi connectivity index (χ2v) is 18.1. The van der Waals surface area contributed by atoms with Gasteiger partial charge in [-0.15, -0.1) is 0 Å². The number of benzene rings is 3. The lowest BCUT2D eigenvalue weighted by atomic mass is 9.84. The first-order valence-electron chi connectivity index (χ1n) is 19.2. The summed E-state index contributed by atoms with van der Waals surface area (Å²) < 4.78 is 0. The molecule has 1 aliphatic heterocycles. The van der Waals surface area contributed by atoms with Crippen molar-refractivity contribution < 1.29 is 0 Å². The Morgan fingerprint density at radius 2 is 0.836 bits per heavy atom. The van der Waals surface area contributed by atoms with E-state index in [1.165, 1.54) is 16.7 Å². The molecule has 0 aliphatic carbocycles. The number of dihydropyridines is 1. The maximum absolute atomic E-state index is 5.09. The molecule has 0 fully saturated rings. The number of hydrogen-bond acceptors (Lipinski definition) is 6. The third-order valence-electron chi connectivity index (χ3n) is 10.5. The van der Waals surface area contributed by atoms with Crippen molar-refractivity contribution in [2.24, 2.45) is 4.99 Å². The first kappa shape index (κ1) is 37.7. The standard InChI is InChI=1S/C49H52N6/c1-46(2,3)37-19-11-32(12-20-37)40-25-17-35(29-50-40)43-53-44(36-18-26-41(51-30-36)33-13-21-38(22-14-33)47(4,5)6)55-45(54-43)49(10)28-27-42(52-31-49)34-15-23-39(24-16-34)48(7,8)9/h11-30H,31H2,1-10H3. The molecule has 0 N–H and O–H groups in total. The van der Waals surface area contributed by atoms with Crippen molar-refractivity contribution >= 4 is 5.71 Å². The van der Waals surface area contributed by atoms with Crippen LogP contribution in [0.3, 0.4) is 0 Å². The summed E-state index contributed by atoms with van der Waals surface area (Å²) in [7, 11) is 0. The lowest BCUT2D eigenvalue weighted by Gasteiger charge is -2.27. The van der Waals surface area contributed by atoms with Gasteiger partial charge in [-0.2, -0.15) is 0 Å². The molecule has 0 radical (unpaired) electrons. The van der Waals surface area contributed by atoms with Gasteiger partial charge in [-0.05, 0) is 75.8 Å². The summed E-state index contributed by atoms with van der Waals surface area (Å²) in [5, 5.41) is 0. The van der Waals surface area contributed by atoms with Crippen molar-refractivity contribution in [1.29, 1.82) is 0 Å². The molecule has 278 valence electrons. The van der Waals surface area contributed by atoms with Gasteiger partial charge in [0.05, 0.1) is 29.1 Å². The first-order chi connectivity index (χ1) is 26.0. The predicted octanol–water partition coefficient (Wildman–Crippen LogP) is 11.5. The van der Waals surface area contributed by atoms with Gasteiger partial charge in [0.25, 0.3) is 0 Å². The molecule has 0 bridgehead atoms. The lowest BCUT2D eigenvalue weighted by molar-refractivity contribution is 0.560. The van der Waals surface area contributed by atoms with Crippen molar-refractivity contribution in [3.63, 3.8) is 0 Å². The highest BCUT2D eigenvalue weighted by Gasteiger charge is 2.31. The molecular formula is C49H52N6. The van der Waals surface area contributed by atoms with E-state index in [-0.39, 0.29) is 16.2 Å². The van der Waals surface area contributed by atoms with Crippen molar-refractivity contribution in [3.05, 3.63) is 150 Å². The Morgan fingerprint density at radius 3 is 1.16 bits per heavy atom. The molecular weight excluding hydrogens is 673 g/mol. The highest BCUT2D eigenvalue weighted by Crippen LogP contribution is 2.33. The Kier molecular flexibility index (Phi) is 9.75. The molecule has 3 aromatic heterocycles. The summed E-state index contributed by atoms with van der Waals surface area (Å²) in [6.45, 7) is 22.7. The number of hydrogen-bond donors (Lipinski definition) is 0. The summed E-state index contributed by atoms with van der Waals surface area (Å²) >= 11 is 0. The largest absolute Gasteiger partial charge is 0.283 e. The minimum absolute atomic E-state index is 0.0895. The van der Waals surface area contributed by atoms with Crippen LogP contribution in [0.4, 0.5) is 0 Å². The molecule has 1 aliphatic rings. The van der Waals surface area contributed by atoms with E-state index in [4.69, 9.17) is 29.9 Å². The van der Waals surface area contributed by atoms with E-state index < -0.39 is 5.41 Å². The highest BCUT2D eigenvalue weighted by atomic mass is 15.1. The van der Waals surface area contributed by atoms with E-state index in [1.54, 1.807) is 0 Å². The molecule has 7 rings (SSSR count). The molecule has 0 amide bonds. The monoisotopic (exact) mass is 724 g/mol. The van der Waals surface area contributed by atoms with E-state index >= 15 is 0 Å². The van der Waals surface area contributed by atoms with Gasteiger partial charge in [-0.1, -0.05) is 141 Å². The van der Waals surface area contributed by atoms with Gasteiger partial charge in [-0.25, -0.2) is 15.0 Å². The van der Waals surface area contributed by atoms with E-state index in [1.807, 2.05) is 36.7 Å². The number of allylic oxidation sites excluding steroid dienone is 1. The first-order valence-corrected chi connectivity index (χ1v) is 19.2. The zero-order valence-corrected chi connectivity index (χ0v) is 33.9. The minimum Gasteiger partial charge on any atom is -0.283 e. The van der Waals surface area contributed by atoms with Crippen LogP contribution >= 0.6 is 0 Å². The van der Waals surface area contributed by atoms with E-state index in [0.717, 1.165) is 44.9 Å². The predicted molar refractivity (Wildman–Crippen MR) is 228 cm³/mol. The van der Waals surface area contributed by atoms with Crippen molar-refractivity contribution in [1.82, 2.24) is 24.9 Å². The van der Waals surface area contributed by atoms with Crippen LogP contribution in [0.2, 0.25) is 0 Å². The van der Waals surface area contributed by atoms with Gasteiger partial charge in [0.15, 0.2) is 11.6 Å². The lowest BCUT2D eigenvalue weighted by Crippen LogP contribution is -2.30. The molecule has 1 unspecified atom stereocenters. The Morgan fingerprint density at radius 1 is 0.455 bits per heavy atom. The van der Waals surface area contributed by atoms with Crippen LogP contribution in [0.1, 0.15) is 97.3 Å². The molecule has 6 aromatic rings. The molecule has 0 saturated heterocycles. The van der Waals surface area contributed by atoms with Crippen LogP contribution < -0.4 is 0 Å². The maximum atomic E-state index is 5.09. The average Bonchev–Trinajstić information content (AvgIpc) is 3.17. The second-order valence-electron chi connectivity index (χ2n) is 18.1. The van der Waals surface area contributed by atoms with Gasteiger partial charge >= 0.3 is 0 Å². The van der Waals surface area contributed by atoms with E-state index in [2.05, 4.69) is 154 Å². The molecule has 3 aromatic carbocycles. The molecule has 6 heteroatoms. The maximum Gasteiger partial charge on any atom is 0.165 e. The normalized spacial score (nSPS) is 16.2. The fourth-order valence-electron chi connectivity index (χ4n) is 6.66. The van der Waals surface area contributed by atoms with Crippen LogP contribution in [0.15, 0.2) is 127 Å². The van der Waals surface area contributed by atoms with Crippen LogP contribution in [0, 0.1) is 0 Å². The van der Waals surface area contributed by atoms with Gasteiger partial charge < -0.3 is 0 Å². The van der Waals surface area contributed by atoms with Crippen molar-refractivity contribution in [3.8, 4) is 45.3 Å². The summed E-state index contributed by atoms with van der Waals surface area (Å²) in [6.07, 6.45) is 7.99. The van der Waals surface area contributed by atoms with Gasteiger partial charge in [0.1, 0.15) is 5.82 Å². The van der Waals surface area contributed by atoms with Crippen LogP contribution in [-0.2, 0) is 21.7 Å². The Hall–Kier alpha value is -5.62. The van der Waals surface area contributed by atoms with E-state index in [9.17, 15) is 0 Å². The Bertz CT molecular complexity index is 2230. The van der Waals surface area contributed by atoms with Crippen molar-refractivity contribution in [2.75, 3.05) is 6.54 Å². The van der Waals surface area contributed by atoms with Gasteiger partial charge in [0, 0.05) is 34.6 Å². The Labute approximate surface area is 327 Å². The Balaban J connectivity index is 1.22. The van der Waals surface area contributed by atoms with Crippen LogP contribution in [0.5, 0.6) is 0 Å². The number of pyridine rings is 2. The fourth-order valence-corrected chi connectivity index (χ4v) is 6.66. The molecule has 1 atom stereocenters. The smallest absolute Gasteiger partial charge is 0.165 e. The van der Waals surface area contributed by atoms with Crippen LogP contribution in [0.25, 0.3) is 45.3 Å². The number of aliphatic imine (C=N–C) groups is 1. The topological polar surface area (TPSA) is 76.8 Å². The average molecular weight is 725 g/mol. The van der Waals surface area contributed by atoms with Gasteiger partial charge in [0.2, 0.25) is 0 Å². The molecule has 0 spiro atoms. The molecule has 0 saturated carbocycles. The summed E-state index contributed by atoms with van der Waals surface area (Å²) in [5.41, 5.74) is 11.2.